The Balaban J connectivity index is 2.34. The summed E-state index contributed by atoms with van der Waals surface area (Å²) in [6.45, 7) is 2.64. The fourth-order valence-electron chi connectivity index (χ4n) is 1.46. The van der Waals surface area contributed by atoms with Gasteiger partial charge in [-0.15, -0.1) is 0 Å². The van der Waals surface area contributed by atoms with E-state index in [-0.39, 0.29) is 0 Å². The van der Waals surface area contributed by atoms with Crippen molar-refractivity contribution in [3.05, 3.63) is 0 Å². The van der Waals surface area contributed by atoms with Crippen molar-refractivity contribution in [2.45, 2.75) is 6.42 Å². The van der Waals surface area contributed by atoms with Crippen molar-refractivity contribution in [2.75, 3.05) is 19.6 Å². The lowest BCUT2D eigenvalue weighted by Gasteiger charge is -2.12. The molecule has 0 saturated carbocycles. The maximum atomic E-state index is 10.2. The zero-order valence-corrected chi connectivity index (χ0v) is 6.05. The molecule has 3 nitrogen and oxygen atoms in total. The molecule has 0 aliphatic carbocycles. The van der Waals surface area contributed by atoms with Crippen LogP contribution in [0.5, 0.6) is 0 Å². The van der Waals surface area contributed by atoms with Gasteiger partial charge >= 0.3 is 0 Å². The third-order valence-corrected chi connectivity index (χ3v) is 2.18. The van der Waals surface area contributed by atoms with Gasteiger partial charge in [0.25, 0.3) is 0 Å². The van der Waals surface area contributed by atoms with E-state index < -0.39 is 0 Å². The summed E-state index contributed by atoms with van der Waals surface area (Å²) in [6.07, 6.45) is 1.65. The standard InChI is InChI=1S/C7H14N2O/c8-3-7-5-9-4-6(7)1-2-10/h2,6-7,9H,1,3-5,8H2. The van der Waals surface area contributed by atoms with Gasteiger partial charge in [-0.1, -0.05) is 0 Å². The van der Waals surface area contributed by atoms with E-state index in [1.54, 1.807) is 0 Å². The van der Waals surface area contributed by atoms with Crippen LogP contribution in [0.25, 0.3) is 0 Å². The zero-order chi connectivity index (χ0) is 7.40. The number of hydrogen-bond donors (Lipinski definition) is 2. The Bertz CT molecular complexity index is 116. The first kappa shape index (κ1) is 7.69. The maximum absolute atomic E-state index is 10.2. The summed E-state index contributed by atoms with van der Waals surface area (Å²) in [5.41, 5.74) is 5.50. The van der Waals surface area contributed by atoms with E-state index in [0.29, 0.717) is 24.8 Å². The predicted molar refractivity (Wildman–Crippen MR) is 39.6 cm³/mol. The fourth-order valence-corrected chi connectivity index (χ4v) is 1.46. The molecule has 3 N–H and O–H groups in total. The molecule has 1 rings (SSSR count). The molecule has 3 heteroatoms. The van der Waals surface area contributed by atoms with E-state index in [1.165, 1.54) is 0 Å². The van der Waals surface area contributed by atoms with Crippen LogP contribution in [0.15, 0.2) is 0 Å². The smallest absolute Gasteiger partial charge is 0.120 e. The Morgan fingerprint density at radius 1 is 1.50 bits per heavy atom. The van der Waals surface area contributed by atoms with Crippen LogP contribution in [0.2, 0.25) is 0 Å². The molecule has 1 aliphatic heterocycles. The normalized spacial score (nSPS) is 32.5. The number of carbonyl (C=O) groups is 1. The van der Waals surface area contributed by atoms with Crippen molar-refractivity contribution in [3.8, 4) is 0 Å². The van der Waals surface area contributed by atoms with Crippen LogP contribution >= 0.6 is 0 Å². The second-order valence-electron chi connectivity index (χ2n) is 2.82. The highest BCUT2D eigenvalue weighted by Crippen LogP contribution is 2.17. The monoisotopic (exact) mass is 142 g/mol. The van der Waals surface area contributed by atoms with Crippen LogP contribution in [-0.2, 0) is 4.79 Å². The quantitative estimate of drug-likeness (QED) is 0.516. The minimum Gasteiger partial charge on any atom is -0.330 e. The molecule has 1 saturated heterocycles. The Morgan fingerprint density at radius 2 is 2.20 bits per heavy atom. The molecule has 0 radical (unpaired) electrons. The van der Waals surface area contributed by atoms with Gasteiger partial charge in [-0.25, -0.2) is 0 Å². The van der Waals surface area contributed by atoms with E-state index in [9.17, 15) is 4.79 Å². The van der Waals surface area contributed by atoms with E-state index in [4.69, 9.17) is 5.73 Å². The Hall–Kier alpha value is -0.410. The van der Waals surface area contributed by atoms with E-state index in [2.05, 4.69) is 5.32 Å². The van der Waals surface area contributed by atoms with Crippen molar-refractivity contribution in [3.63, 3.8) is 0 Å². The first-order chi connectivity index (χ1) is 4.88. The van der Waals surface area contributed by atoms with Crippen LogP contribution in [0.1, 0.15) is 6.42 Å². The molecule has 0 spiro atoms. The molecule has 0 aromatic rings. The number of nitrogens with two attached hydrogens (primary N) is 1. The lowest BCUT2D eigenvalue weighted by Crippen LogP contribution is -2.22. The van der Waals surface area contributed by atoms with Gasteiger partial charge in [-0.05, 0) is 31.5 Å². The average molecular weight is 142 g/mol. The van der Waals surface area contributed by atoms with Crippen LogP contribution in [0, 0.1) is 11.8 Å². The molecule has 0 amide bonds. The van der Waals surface area contributed by atoms with Crippen molar-refractivity contribution in [2.24, 2.45) is 17.6 Å². The summed E-state index contributed by atoms with van der Waals surface area (Å²) >= 11 is 0. The summed E-state index contributed by atoms with van der Waals surface area (Å²) in [4.78, 5) is 10.2. The van der Waals surface area contributed by atoms with Crippen molar-refractivity contribution < 1.29 is 4.79 Å². The lowest BCUT2D eigenvalue weighted by atomic mass is 9.94. The number of nitrogens with one attached hydrogen (secondary N) is 1. The number of carbonyl (C=O) groups excluding carboxylic acids is 1. The first-order valence-corrected chi connectivity index (χ1v) is 3.73. The number of aldehydes is 1. The molecule has 0 bridgehead atoms. The van der Waals surface area contributed by atoms with Crippen molar-refractivity contribution >= 4 is 6.29 Å². The molecule has 58 valence electrons. The Morgan fingerprint density at radius 3 is 2.80 bits per heavy atom. The summed E-state index contributed by atoms with van der Waals surface area (Å²) in [5, 5.41) is 3.22. The van der Waals surface area contributed by atoms with Gasteiger partial charge in [0.2, 0.25) is 0 Å². The minimum atomic E-state index is 0.488. The SMILES string of the molecule is NCC1CNCC1CC=O. The highest BCUT2D eigenvalue weighted by molar-refractivity contribution is 5.50. The second-order valence-corrected chi connectivity index (χ2v) is 2.82. The molecular weight excluding hydrogens is 128 g/mol. The molecule has 1 fully saturated rings. The van der Waals surface area contributed by atoms with E-state index in [1.807, 2.05) is 0 Å². The predicted octanol–water partition coefficient (Wildman–Crippen LogP) is -0.630. The molecule has 2 unspecified atom stereocenters. The average Bonchev–Trinajstić information content (AvgIpc) is 2.36. The van der Waals surface area contributed by atoms with Crippen LogP contribution in [0.4, 0.5) is 0 Å². The highest BCUT2D eigenvalue weighted by atomic mass is 16.1. The molecule has 10 heavy (non-hydrogen) atoms. The van der Waals surface area contributed by atoms with Gasteiger partial charge in [-0.3, -0.25) is 0 Å². The van der Waals surface area contributed by atoms with Crippen molar-refractivity contribution in [1.82, 2.24) is 5.32 Å². The topological polar surface area (TPSA) is 55.1 Å². The molecule has 2 atom stereocenters. The molecule has 1 aliphatic rings. The van der Waals surface area contributed by atoms with Crippen LogP contribution in [0.3, 0.4) is 0 Å². The van der Waals surface area contributed by atoms with Gasteiger partial charge in [0.1, 0.15) is 6.29 Å². The van der Waals surface area contributed by atoms with E-state index >= 15 is 0 Å². The van der Waals surface area contributed by atoms with Gasteiger partial charge < -0.3 is 15.8 Å². The third-order valence-electron chi connectivity index (χ3n) is 2.18. The summed E-state index contributed by atoms with van der Waals surface area (Å²) < 4.78 is 0. The van der Waals surface area contributed by atoms with Crippen LogP contribution in [-0.4, -0.2) is 25.9 Å². The molecule has 1 heterocycles. The fraction of sp³-hybridized carbons (Fsp3) is 0.857. The molecular formula is C7H14N2O. The highest BCUT2D eigenvalue weighted by Gasteiger charge is 2.24. The van der Waals surface area contributed by atoms with Gasteiger partial charge in [0.05, 0.1) is 0 Å². The van der Waals surface area contributed by atoms with Gasteiger partial charge in [0, 0.05) is 6.42 Å². The van der Waals surface area contributed by atoms with Crippen molar-refractivity contribution in [1.29, 1.82) is 0 Å². The Labute approximate surface area is 61.0 Å². The zero-order valence-electron chi connectivity index (χ0n) is 6.05. The summed E-state index contributed by atoms with van der Waals surface area (Å²) in [6, 6.07) is 0. The first-order valence-electron chi connectivity index (χ1n) is 3.73. The van der Waals surface area contributed by atoms with Gasteiger partial charge in [0.15, 0.2) is 0 Å². The lowest BCUT2D eigenvalue weighted by molar-refractivity contribution is -0.108. The largest absolute Gasteiger partial charge is 0.330 e. The molecule has 0 aromatic carbocycles. The summed E-state index contributed by atoms with van der Waals surface area (Å²) in [7, 11) is 0. The number of rotatable bonds is 3. The Kier molecular flexibility index (Phi) is 2.83. The third kappa shape index (κ3) is 1.55. The summed E-state index contributed by atoms with van der Waals surface area (Å²) in [5.74, 6) is 1.01. The van der Waals surface area contributed by atoms with E-state index in [0.717, 1.165) is 19.4 Å². The number of hydrogen-bond acceptors (Lipinski definition) is 3. The van der Waals surface area contributed by atoms with Gasteiger partial charge in [-0.2, -0.15) is 0 Å². The van der Waals surface area contributed by atoms with Crippen LogP contribution < -0.4 is 11.1 Å². The minimum absolute atomic E-state index is 0.488. The molecule has 0 aromatic heterocycles. The maximum Gasteiger partial charge on any atom is 0.120 e. The second kappa shape index (κ2) is 3.68.